The summed E-state index contributed by atoms with van der Waals surface area (Å²) >= 11 is 0. The Morgan fingerprint density at radius 1 is 1.58 bits per heavy atom. The van der Waals surface area contributed by atoms with Crippen LogP contribution in [0.25, 0.3) is 0 Å². The van der Waals surface area contributed by atoms with E-state index >= 15 is 0 Å². The lowest BCUT2D eigenvalue weighted by Crippen LogP contribution is -2.56. The van der Waals surface area contributed by atoms with Gasteiger partial charge in [-0.2, -0.15) is 13.2 Å². The monoisotopic (exact) mass is 282 g/mol. The molecule has 0 aromatic heterocycles. The number of primary amides is 1. The molecular formula is C12H21F3N2O2. The summed E-state index contributed by atoms with van der Waals surface area (Å²) in [6.07, 6.45) is -3.51. The molecule has 0 aromatic carbocycles. The second-order valence-electron chi connectivity index (χ2n) is 5.02. The third kappa shape index (κ3) is 3.60. The van der Waals surface area contributed by atoms with Crippen LogP contribution in [0.2, 0.25) is 0 Å². The fourth-order valence-electron chi connectivity index (χ4n) is 2.73. The molecule has 0 bridgehead atoms. The zero-order valence-corrected chi connectivity index (χ0v) is 11.2. The Kier molecular flexibility index (Phi) is 5.20. The minimum atomic E-state index is -4.35. The smallest absolute Gasteiger partial charge is 0.369 e. The molecular weight excluding hydrogens is 261 g/mol. The predicted octanol–water partition coefficient (Wildman–Crippen LogP) is 1.59. The first-order chi connectivity index (χ1) is 8.74. The summed E-state index contributed by atoms with van der Waals surface area (Å²) in [6.45, 7) is 0.954. The molecule has 3 unspecified atom stereocenters. The van der Waals surface area contributed by atoms with Gasteiger partial charge in [-0.1, -0.05) is 6.42 Å². The lowest BCUT2D eigenvalue weighted by atomic mass is 9.84. The number of hydrogen-bond donors (Lipinski definition) is 2. The minimum absolute atomic E-state index is 0.0257. The molecule has 1 aliphatic carbocycles. The van der Waals surface area contributed by atoms with Crippen LogP contribution in [-0.4, -0.2) is 37.4 Å². The van der Waals surface area contributed by atoms with Crippen LogP contribution in [0, 0.1) is 5.92 Å². The lowest BCUT2D eigenvalue weighted by Gasteiger charge is -2.32. The van der Waals surface area contributed by atoms with E-state index in [4.69, 9.17) is 10.5 Å². The van der Waals surface area contributed by atoms with Gasteiger partial charge in [0, 0.05) is 6.61 Å². The van der Waals surface area contributed by atoms with Gasteiger partial charge in [-0.3, -0.25) is 4.79 Å². The molecule has 0 spiro atoms. The zero-order valence-electron chi connectivity index (χ0n) is 11.2. The fraction of sp³-hybridized carbons (Fsp3) is 0.917. The predicted molar refractivity (Wildman–Crippen MR) is 64.4 cm³/mol. The molecule has 0 radical (unpaired) electrons. The molecule has 1 aliphatic rings. The molecule has 1 rings (SSSR count). The van der Waals surface area contributed by atoms with Crippen LogP contribution in [-0.2, 0) is 9.53 Å². The molecule has 0 aromatic rings. The molecule has 1 fully saturated rings. The molecule has 0 heterocycles. The number of amides is 1. The highest BCUT2D eigenvalue weighted by atomic mass is 19.4. The van der Waals surface area contributed by atoms with E-state index in [0.717, 1.165) is 19.8 Å². The van der Waals surface area contributed by atoms with E-state index in [2.05, 4.69) is 5.32 Å². The Hall–Kier alpha value is -0.820. The number of carbonyl (C=O) groups is 1. The van der Waals surface area contributed by atoms with Gasteiger partial charge in [0.15, 0.2) is 6.10 Å². The van der Waals surface area contributed by atoms with Crippen molar-refractivity contribution >= 4 is 5.91 Å². The summed E-state index contributed by atoms with van der Waals surface area (Å²) < 4.78 is 41.6. The summed E-state index contributed by atoms with van der Waals surface area (Å²) in [4.78, 5) is 11.6. The fourth-order valence-corrected chi connectivity index (χ4v) is 2.73. The standard InChI is InChI=1S/C12H21F3N2O2/c1-8(12(13,14)15)19-7-5-9-4-3-6-11(9,17-2)10(16)18/h8-9,17H,3-7H2,1-2H3,(H2,16,18). The minimum Gasteiger partial charge on any atom is -0.369 e. The van der Waals surface area contributed by atoms with Crippen molar-refractivity contribution < 1.29 is 22.7 Å². The van der Waals surface area contributed by atoms with Gasteiger partial charge >= 0.3 is 6.18 Å². The summed E-state index contributed by atoms with van der Waals surface area (Å²) in [7, 11) is 1.66. The number of alkyl halides is 3. The van der Waals surface area contributed by atoms with Crippen molar-refractivity contribution in [2.24, 2.45) is 11.7 Å². The first-order valence-electron chi connectivity index (χ1n) is 6.41. The van der Waals surface area contributed by atoms with Crippen LogP contribution in [0.1, 0.15) is 32.6 Å². The molecule has 19 heavy (non-hydrogen) atoms. The molecule has 1 amide bonds. The average Bonchev–Trinajstić information content (AvgIpc) is 2.72. The molecule has 0 aliphatic heterocycles. The number of nitrogens with one attached hydrogen (secondary N) is 1. The molecule has 1 saturated carbocycles. The largest absolute Gasteiger partial charge is 0.414 e. The van der Waals surface area contributed by atoms with Crippen molar-refractivity contribution in [3.05, 3.63) is 0 Å². The Bertz CT molecular complexity index is 323. The quantitative estimate of drug-likeness (QED) is 0.777. The number of carbonyl (C=O) groups excluding carboxylic acids is 1. The van der Waals surface area contributed by atoms with Gasteiger partial charge in [-0.05, 0) is 39.2 Å². The average molecular weight is 282 g/mol. The number of rotatable bonds is 6. The second-order valence-corrected chi connectivity index (χ2v) is 5.02. The van der Waals surface area contributed by atoms with Gasteiger partial charge in [-0.15, -0.1) is 0 Å². The van der Waals surface area contributed by atoms with E-state index in [9.17, 15) is 18.0 Å². The summed E-state index contributed by atoms with van der Waals surface area (Å²) in [5, 5.41) is 2.94. The SMILES string of the molecule is CNC1(C(N)=O)CCCC1CCOC(C)C(F)(F)F. The van der Waals surface area contributed by atoms with Gasteiger partial charge in [0.2, 0.25) is 5.91 Å². The van der Waals surface area contributed by atoms with Gasteiger partial charge in [0.25, 0.3) is 0 Å². The van der Waals surface area contributed by atoms with Crippen LogP contribution >= 0.6 is 0 Å². The third-order valence-corrected chi connectivity index (χ3v) is 4.00. The van der Waals surface area contributed by atoms with Crippen molar-refractivity contribution in [3.63, 3.8) is 0 Å². The Morgan fingerprint density at radius 2 is 2.21 bits per heavy atom. The summed E-state index contributed by atoms with van der Waals surface area (Å²) in [5.41, 5.74) is 4.61. The van der Waals surface area contributed by atoms with Crippen molar-refractivity contribution in [2.75, 3.05) is 13.7 Å². The van der Waals surface area contributed by atoms with Gasteiger partial charge in [0.1, 0.15) is 5.54 Å². The lowest BCUT2D eigenvalue weighted by molar-refractivity contribution is -0.215. The number of likely N-dealkylation sites (N-methyl/N-ethyl adjacent to an activating group) is 1. The van der Waals surface area contributed by atoms with E-state index in [-0.39, 0.29) is 12.5 Å². The van der Waals surface area contributed by atoms with Crippen molar-refractivity contribution in [1.29, 1.82) is 0 Å². The van der Waals surface area contributed by atoms with Crippen LogP contribution in [0.4, 0.5) is 13.2 Å². The molecule has 3 N–H and O–H groups in total. The highest BCUT2D eigenvalue weighted by Gasteiger charge is 2.46. The van der Waals surface area contributed by atoms with Crippen molar-refractivity contribution in [1.82, 2.24) is 5.32 Å². The van der Waals surface area contributed by atoms with E-state index in [1.165, 1.54) is 0 Å². The van der Waals surface area contributed by atoms with Crippen LogP contribution < -0.4 is 11.1 Å². The van der Waals surface area contributed by atoms with Crippen molar-refractivity contribution in [3.8, 4) is 0 Å². The number of halogens is 3. The molecule has 7 heteroatoms. The van der Waals surface area contributed by atoms with Gasteiger partial charge in [-0.25, -0.2) is 0 Å². The van der Waals surface area contributed by atoms with E-state index in [1.54, 1.807) is 7.05 Å². The second kappa shape index (κ2) is 6.09. The highest BCUT2D eigenvalue weighted by Crippen LogP contribution is 2.37. The van der Waals surface area contributed by atoms with E-state index in [1.807, 2.05) is 0 Å². The third-order valence-electron chi connectivity index (χ3n) is 4.00. The van der Waals surface area contributed by atoms with Gasteiger partial charge in [0.05, 0.1) is 0 Å². The van der Waals surface area contributed by atoms with Gasteiger partial charge < -0.3 is 15.8 Å². The Balaban J connectivity index is 2.51. The maximum atomic E-state index is 12.3. The Morgan fingerprint density at radius 3 is 2.68 bits per heavy atom. The topological polar surface area (TPSA) is 64.3 Å². The first kappa shape index (κ1) is 16.2. The summed E-state index contributed by atoms with van der Waals surface area (Å²) in [6, 6.07) is 0. The number of hydrogen-bond acceptors (Lipinski definition) is 3. The maximum absolute atomic E-state index is 12.3. The molecule has 112 valence electrons. The molecule has 4 nitrogen and oxygen atoms in total. The number of ether oxygens (including phenoxy) is 1. The van der Waals surface area contributed by atoms with E-state index < -0.39 is 23.7 Å². The van der Waals surface area contributed by atoms with Crippen LogP contribution in [0.5, 0.6) is 0 Å². The summed E-state index contributed by atoms with van der Waals surface area (Å²) in [5.74, 6) is -0.517. The highest BCUT2D eigenvalue weighted by molar-refractivity contribution is 5.85. The normalized spacial score (nSPS) is 29.4. The molecule has 0 saturated heterocycles. The van der Waals surface area contributed by atoms with Crippen LogP contribution in [0.15, 0.2) is 0 Å². The molecule has 3 atom stereocenters. The maximum Gasteiger partial charge on any atom is 0.414 e. The zero-order chi connectivity index (χ0) is 14.7. The van der Waals surface area contributed by atoms with Crippen molar-refractivity contribution in [2.45, 2.75) is 50.4 Å². The Labute approximate surface area is 110 Å². The van der Waals surface area contributed by atoms with E-state index in [0.29, 0.717) is 12.8 Å². The van der Waals surface area contributed by atoms with Crippen LogP contribution in [0.3, 0.4) is 0 Å². The number of nitrogens with two attached hydrogens (primary N) is 1. The first-order valence-corrected chi connectivity index (χ1v) is 6.41.